The lowest BCUT2D eigenvalue weighted by molar-refractivity contribution is -0.117. The Hall–Kier alpha value is -2.67. The van der Waals surface area contributed by atoms with Crippen molar-refractivity contribution in [2.75, 3.05) is 43.1 Å². The number of carbonyl (C=O) groups excluding carboxylic acids is 1. The third-order valence-corrected chi connectivity index (χ3v) is 6.16. The highest BCUT2D eigenvalue weighted by molar-refractivity contribution is 5.76. The molecule has 0 saturated carbocycles. The number of rotatable bonds is 8. The van der Waals surface area contributed by atoms with Crippen molar-refractivity contribution in [2.24, 2.45) is 0 Å². The standard InChI is InChI=1S/C24H30FN3O3/c1-16(12-17(2)29)18-4-6-19(7-5-18)31-20-9-11-27(13-20)22-8-10-26-24(23(22)25)28-14-21(15-28)30-3/h4-8,10,16,20-21H,9,11-15H2,1-3H3/t16-,20-/m1/s1. The van der Waals surface area contributed by atoms with Crippen LogP contribution in [0.4, 0.5) is 15.9 Å². The van der Waals surface area contributed by atoms with Crippen molar-refractivity contribution >= 4 is 17.3 Å². The van der Waals surface area contributed by atoms with E-state index in [-0.39, 0.29) is 29.7 Å². The number of halogens is 1. The summed E-state index contributed by atoms with van der Waals surface area (Å²) in [5.41, 5.74) is 1.70. The summed E-state index contributed by atoms with van der Waals surface area (Å²) in [4.78, 5) is 19.5. The molecular weight excluding hydrogens is 397 g/mol. The van der Waals surface area contributed by atoms with E-state index in [4.69, 9.17) is 9.47 Å². The second-order valence-electron chi connectivity index (χ2n) is 8.58. The Morgan fingerprint density at radius 1 is 1.16 bits per heavy atom. The van der Waals surface area contributed by atoms with Crippen LogP contribution in [0.3, 0.4) is 0 Å². The zero-order valence-corrected chi connectivity index (χ0v) is 18.4. The monoisotopic (exact) mass is 427 g/mol. The first-order valence-electron chi connectivity index (χ1n) is 10.9. The van der Waals surface area contributed by atoms with Crippen LogP contribution < -0.4 is 14.5 Å². The normalized spacial score (nSPS) is 19.9. The summed E-state index contributed by atoms with van der Waals surface area (Å²) in [5, 5.41) is 0. The lowest BCUT2D eigenvalue weighted by Gasteiger charge is -2.39. The number of aromatic nitrogens is 1. The molecule has 0 N–H and O–H groups in total. The van der Waals surface area contributed by atoms with Crippen molar-refractivity contribution < 1.29 is 18.7 Å². The molecule has 31 heavy (non-hydrogen) atoms. The number of pyridine rings is 1. The Morgan fingerprint density at radius 3 is 2.55 bits per heavy atom. The van der Waals surface area contributed by atoms with Crippen LogP contribution in [0, 0.1) is 5.82 Å². The molecule has 3 heterocycles. The van der Waals surface area contributed by atoms with E-state index >= 15 is 4.39 Å². The molecule has 1 aromatic heterocycles. The van der Waals surface area contributed by atoms with Crippen molar-refractivity contribution in [1.29, 1.82) is 0 Å². The number of carbonyl (C=O) groups is 1. The zero-order chi connectivity index (χ0) is 22.0. The number of ketones is 1. The van der Waals surface area contributed by atoms with E-state index in [1.54, 1.807) is 26.3 Å². The molecule has 2 aromatic rings. The van der Waals surface area contributed by atoms with Crippen LogP contribution >= 0.6 is 0 Å². The summed E-state index contributed by atoms with van der Waals surface area (Å²) in [6.45, 7) is 6.36. The molecule has 2 atom stereocenters. The molecule has 4 rings (SSSR count). The molecule has 1 aromatic carbocycles. The second kappa shape index (κ2) is 9.22. The Bertz CT molecular complexity index is 915. The number of benzene rings is 1. The molecule has 0 bridgehead atoms. The average Bonchev–Trinajstić information content (AvgIpc) is 3.16. The molecule has 2 saturated heterocycles. The zero-order valence-electron chi connectivity index (χ0n) is 18.4. The summed E-state index contributed by atoms with van der Waals surface area (Å²) in [5.74, 6) is 1.31. The van der Waals surface area contributed by atoms with Crippen molar-refractivity contribution in [1.82, 2.24) is 4.98 Å². The number of Topliss-reactive ketones (excluding diaryl/α,β-unsaturated/α-hetero) is 1. The Balaban J connectivity index is 1.36. The molecule has 6 nitrogen and oxygen atoms in total. The van der Waals surface area contributed by atoms with Crippen molar-refractivity contribution in [3.05, 3.63) is 47.9 Å². The average molecular weight is 428 g/mol. The summed E-state index contributed by atoms with van der Waals surface area (Å²) < 4.78 is 26.6. The van der Waals surface area contributed by atoms with E-state index in [0.717, 1.165) is 24.3 Å². The van der Waals surface area contributed by atoms with Gasteiger partial charge in [-0.1, -0.05) is 19.1 Å². The van der Waals surface area contributed by atoms with Gasteiger partial charge in [0, 0.05) is 45.8 Å². The van der Waals surface area contributed by atoms with Gasteiger partial charge in [-0.15, -0.1) is 0 Å². The molecule has 0 unspecified atom stereocenters. The van der Waals surface area contributed by atoms with Gasteiger partial charge in [-0.05, 0) is 36.6 Å². The fourth-order valence-electron chi connectivity index (χ4n) is 4.31. The molecule has 0 aliphatic carbocycles. The molecule has 2 fully saturated rings. The third kappa shape index (κ3) is 4.82. The Morgan fingerprint density at radius 2 is 1.87 bits per heavy atom. The van der Waals surface area contributed by atoms with E-state index in [9.17, 15) is 4.79 Å². The summed E-state index contributed by atoms with van der Waals surface area (Å²) in [7, 11) is 1.67. The molecule has 0 spiro atoms. The number of hydrogen-bond acceptors (Lipinski definition) is 6. The number of nitrogens with zero attached hydrogens (tertiary/aromatic N) is 3. The van der Waals surface area contributed by atoms with Gasteiger partial charge in [0.1, 0.15) is 17.6 Å². The maximum Gasteiger partial charge on any atom is 0.188 e. The molecule has 0 radical (unpaired) electrons. The first kappa shape index (κ1) is 21.6. The minimum atomic E-state index is -0.276. The predicted molar refractivity (Wildman–Crippen MR) is 119 cm³/mol. The lowest BCUT2D eigenvalue weighted by atomic mass is 9.96. The smallest absolute Gasteiger partial charge is 0.188 e. The van der Waals surface area contributed by atoms with Gasteiger partial charge in [0.15, 0.2) is 11.6 Å². The summed E-state index contributed by atoms with van der Waals surface area (Å²) in [6.07, 6.45) is 3.18. The SMILES string of the molecule is COC1CN(c2nccc(N3CC[C@@H](Oc4ccc([C@H](C)CC(C)=O)cc4)C3)c2F)C1. The molecular formula is C24H30FN3O3. The Kier molecular flexibility index (Phi) is 6.41. The first-order valence-corrected chi connectivity index (χ1v) is 10.9. The van der Waals surface area contributed by atoms with E-state index < -0.39 is 0 Å². The molecule has 166 valence electrons. The number of methoxy groups -OCH3 is 1. The molecule has 7 heteroatoms. The number of ether oxygens (including phenoxy) is 2. The quantitative estimate of drug-likeness (QED) is 0.639. The van der Waals surface area contributed by atoms with Crippen LogP contribution in [0.15, 0.2) is 36.5 Å². The van der Waals surface area contributed by atoms with Gasteiger partial charge < -0.3 is 24.1 Å². The topological polar surface area (TPSA) is 54.9 Å². The van der Waals surface area contributed by atoms with Gasteiger partial charge in [0.25, 0.3) is 0 Å². The van der Waals surface area contributed by atoms with Crippen molar-refractivity contribution in [3.8, 4) is 5.75 Å². The van der Waals surface area contributed by atoms with Gasteiger partial charge in [-0.3, -0.25) is 0 Å². The number of anilines is 2. The summed E-state index contributed by atoms with van der Waals surface area (Å²) >= 11 is 0. The second-order valence-corrected chi connectivity index (χ2v) is 8.58. The van der Waals surface area contributed by atoms with Crippen LogP contribution in [0.1, 0.15) is 38.2 Å². The maximum atomic E-state index is 15.1. The van der Waals surface area contributed by atoms with Gasteiger partial charge in [0.2, 0.25) is 0 Å². The fraction of sp³-hybridized carbons (Fsp3) is 0.500. The van der Waals surface area contributed by atoms with Gasteiger partial charge in [0.05, 0.1) is 18.3 Å². The molecule has 0 amide bonds. The van der Waals surface area contributed by atoms with Crippen LogP contribution in [0.5, 0.6) is 5.75 Å². The van der Waals surface area contributed by atoms with Crippen molar-refractivity contribution in [2.45, 2.75) is 44.8 Å². The van der Waals surface area contributed by atoms with E-state index in [1.165, 1.54) is 0 Å². The van der Waals surface area contributed by atoms with E-state index in [1.807, 2.05) is 34.1 Å². The van der Waals surface area contributed by atoms with Crippen LogP contribution in [-0.2, 0) is 9.53 Å². The summed E-state index contributed by atoms with van der Waals surface area (Å²) in [6, 6.07) is 9.68. The highest BCUT2D eigenvalue weighted by atomic mass is 19.1. The van der Waals surface area contributed by atoms with Gasteiger partial charge in [-0.25, -0.2) is 9.37 Å². The van der Waals surface area contributed by atoms with Gasteiger partial charge in [-0.2, -0.15) is 0 Å². The highest BCUT2D eigenvalue weighted by Crippen LogP contribution is 2.32. The minimum Gasteiger partial charge on any atom is -0.489 e. The fourth-order valence-corrected chi connectivity index (χ4v) is 4.31. The first-order chi connectivity index (χ1) is 14.9. The van der Waals surface area contributed by atoms with E-state index in [2.05, 4.69) is 11.9 Å². The van der Waals surface area contributed by atoms with Gasteiger partial charge >= 0.3 is 0 Å². The van der Waals surface area contributed by atoms with Crippen LogP contribution in [-0.4, -0.2) is 56.3 Å². The minimum absolute atomic E-state index is 0.00149. The predicted octanol–water partition coefficient (Wildman–Crippen LogP) is 3.80. The number of hydrogen-bond donors (Lipinski definition) is 0. The van der Waals surface area contributed by atoms with Crippen molar-refractivity contribution in [3.63, 3.8) is 0 Å². The van der Waals surface area contributed by atoms with E-state index in [0.29, 0.717) is 37.6 Å². The third-order valence-electron chi connectivity index (χ3n) is 6.16. The van der Waals surface area contributed by atoms with Crippen LogP contribution in [0.2, 0.25) is 0 Å². The molecule has 2 aliphatic heterocycles. The molecule has 2 aliphatic rings. The highest BCUT2D eigenvalue weighted by Gasteiger charge is 2.32. The maximum absolute atomic E-state index is 15.1. The Labute approximate surface area is 183 Å². The van der Waals surface area contributed by atoms with Crippen LogP contribution in [0.25, 0.3) is 0 Å². The largest absolute Gasteiger partial charge is 0.489 e. The lowest BCUT2D eigenvalue weighted by Crippen LogP contribution is -2.52.